The predicted octanol–water partition coefficient (Wildman–Crippen LogP) is 5.32. The van der Waals surface area contributed by atoms with Gasteiger partial charge in [-0.3, -0.25) is 4.79 Å². The summed E-state index contributed by atoms with van der Waals surface area (Å²) in [4.78, 5) is 16.5. The topological polar surface area (TPSA) is 46.9 Å². The second-order valence-corrected chi connectivity index (χ2v) is 6.60. The minimum atomic E-state index is -4.58. The smallest absolute Gasteiger partial charge is 0.322 e. The number of aryl methyl sites for hydroxylation is 3. The van der Waals surface area contributed by atoms with Crippen LogP contribution in [0.2, 0.25) is 0 Å². The lowest BCUT2D eigenvalue weighted by molar-refractivity contribution is -0.137. The van der Waals surface area contributed by atoms with Gasteiger partial charge >= 0.3 is 6.18 Å². The molecule has 0 bridgehead atoms. The number of carbonyl (C=O) groups is 1. The number of hydrogen-bond donors (Lipinski definition) is 1. The van der Waals surface area contributed by atoms with Crippen LogP contribution < -0.4 is 5.32 Å². The Hall–Kier alpha value is -3.09. The number of halogens is 3. The number of aromatic nitrogens is 2. The quantitative estimate of drug-likeness (QED) is 0.658. The summed E-state index contributed by atoms with van der Waals surface area (Å²) in [5.41, 5.74) is 2.29. The minimum absolute atomic E-state index is 0.0466. The molecular weight excluding hydrogens is 367 g/mol. The summed E-state index contributed by atoms with van der Waals surface area (Å²) >= 11 is 0. The molecule has 7 heteroatoms. The van der Waals surface area contributed by atoms with Gasteiger partial charge in [0.15, 0.2) is 0 Å². The molecule has 0 fully saturated rings. The number of benzene rings is 2. The van der Waals surface area contributed by atoms with E-state index in [-0.39, 0.29) is 11.4 Å². The highest BCUT2D eigenvalue weighted by Crippen LogP contribution is 2.35. The lowest BCUT2D eigenvalue weighted by Gasteiger charge is -2.16. The van der Waals surface area contributed by atoms with Gasteiger partial charge in [0.05, 0.1) is 23.3 Å². The van der Waals surface area contributed by atoms with Gasteiger partial charge in [-0.05, 0) is 61.7 Å². The zero-order valence-electron chi connectivity index (χ0n) is 15.8. The van der Waals surface area contributed by atoms with Crippen molar-refractivity contribution in [2.75, 3.05) is 5.32 Å². The molecule has 1 amide bonds. The molecule has 0 saturated carbocycles. The lowest BCUT2D eigenvalue weighted by Crippen LogP contribution is -2.15. The van der Waals surface area contributed by atoms with Gasteiger partial charge in [-0.15, -0.1) is 0 Å². The molecule has 0 radical (unpaired) electrons. The molecule has 0 saturated heterocycles. The maximum Gasteiger partial charge on any atom is 0.418 e. The average Bonchev–Trinajstić information content (AvgIpc) is 3.07. The van der Waals surface area contributed by atoms with Crippen LogP contribution in [0.25, 0.3) is 5.69 Å². The van der Waals surface area contributed by atoms with Crippen LogP contribution in [0.3, 0.4) is 0 Å². The first-order valence-corrected chi connectivity index (χ1v) is 8.82. The minimum Gasteiger partial charge on any atom is -0.322 e. The van der Waals surface area contributed by atoms with E-state index < -0.39 is 17.6 Å². The molecule has 0 unspecified atom stereocenters. The van der Waals surface area contributed by atoms with Crippen molar-refractivity contribution in [1.82, 2.24) is 9.55 Å². The van der Waals surface area contributed by atoms with Crippen LogP contribution in [-0.4, -0.2) is 15.5 Å². The molecule has 28 heavy (non-hydrogen) atoms. The number of hydrogen-bond acceptors (Lipinski definition) is 2. The van der Waals surface area contributed by atoms with E-state index >= 15 is 0 Å². The Morgan fingerprint density at radius 1 is 1.14 bits per heavy atom. The summed E-state index contributed by atoms with van der Waals surface area (Å²) in [5, 5.41) is 2.56. The Morgan fingerprint density at radius 3 is 2.50 bits per heavy atom. The maximum absolute atomic E-state index is 13.6. The van der Waals surface area contributed by atoms with Crippen molar-refractivity contribution in [2.24, 2.45) is 0 Å². The van der Waals surface area contributed by atoms with Crippen molar-refractivity contribution in [3.63, 3.8) is 0 Å². The molecule has 3 rings (SSSR count). The fourth-order valence-electron chi connectivity index (χ4n) is 3.02. The molecule has 2 aromatic carbocycles. The van der Waals surface area contributed by atoms with Crippen molar-refractivity contribution < 1.29 is 18.0 Å². The Morgan fingerprint density at radius 2 is 1.89 bits per heavy atom. The SMILES string of the molecule is CCc1cc(C(=O)Nc2ccc(-n3cnc(C)c3)c(C(F)(F)F)c2)ccc1C. The number of rotatable bonds is 4. The van der Waals surface area contributed by atoms with E-state index in [2.05, 4.69) is 10.3 Å². The second kappa shape index (κ2) is 7.50. The van der Waals surface area contributed by atoms with E-state index in [4.69, 9.17) is 0 Å². The maximum atomic E-state index is 13.6. The average molecular weight is 387 g/mol. The van der Waals surface area contributed by atoms with Gasteiger partial charge < -0.3 is 9.88 Å². The van der Waals surface area contributed by atoms with Gasteiger partial charge in [0.2, 0.25) is 0 Å². The Bertz CT molecular complexity index is 1020. The number of amides is 1. The number of nitrogens with one attached hydrogen (secondary N) is 1. The number of alkyl halides is 3. The Labute approximate surface area is 161 Å². The summed E-state index contributed by atoms with van der Waals surface area (Å²) in [6.45, 7) is 5.63. The molecule has 1 heterocycles. The fraction of sp³-hybridized carbons (Fsp3) is 0.238. The first-order valence-electron chi connectivity index (χ1n) is 8.82. The molecule has 0 aliphatic rings. The zero-order chi connectivity index (χ0) is 20.5. The van der Waals surface area contributed by atoms with Crippen molar-refractivity contribution in [2.45, 2.75) is 33.4 Å². The zero-order valence-corrected chi connectivity index (χ0v) is 15.8. The highest BCUT2D eigenvalue weighted by Gasteiger charge is 2.34. The van der Waals surface area contributed by atoms with Crippen LogP contribution in [-0.2, 0) is 12.6 Å². The standard InChI is InChI=1S/C21H20F3N3O/c1-4-15-9-16(6-5-13(15)2)20(28)26-17-7-8-19(18(10-17)21(22,23)24)27-11-14(3)25-12-27/h5-12H,4H2,1-3H3,(H,26,28). The van der Waals surface area contributed by atoms with Crippen molar-refractivity contribution in [3.05, 3.63) is 76.9 Å². The van der Waals surface area contributed by atoms with Gasteiger partial charge in [-0.1, -0.05) is 13.0 Å². The van der Waals surface area contributed by atoms with E-state index in [9.17, 15) is 18.0 Å². The fourth-order valence-corrected chi connectivity index (χ4v) is 3.02. The molecule has 0 aliphatic carbocycles. The Balaban J connectivity index is 1.94. The summed E-state index contributed by atoms with van der Waals surface area (Å²) < 4.78 is 42.1. The van der Waals surface area contributed by atoms with Crippen LogP contribution >= 0.6 is 0 Å². The monoisotopic (exact) mass is 387 g/mol. The van der Waals surface area contributed by atoms with Crippen LogP contribution in [0.4, 0.5) is 18.9 Å². The van der Waals surface area contributed by atoms with Crippen LogP contribution in [0, 0.1) is 13.8 Å². The van der Waals surface area contributed by atoms with Crippen LogP contribution in [0.1, 0.15) is 39.7 Å². The van der Waals surface area contributed by atoms with Gasteiger partial charge in [-0.25, -0.2) is 4.98 Å². The molecular formula is C21H20F3N3O. The first kappa shape index (κ1) is 19.7. The molecule has 0 atom stereocenters. The molecule has 0 aliphatic heterocycles. The summed E-state index contributed by atoms with van der Waals surface area (Å²) in [6.07, 6.45) is -0.962. The molecule has 146 valence electrons. The predicted molar refractivity (Wildman–Crippen MR) is 102 cm³/mol. The Kier molecular flexibility index (Phi) is 5.27. The largest absolute Gasteiger partial charge is 0.418 e. The van der Waals surface area contributed by atoms with Gasteiger partial charge in [0.25, 0.3) is 5.91 Å². The van der Waals surface area contributed by atoms with E-state index in [1.807, 2.05) is 19.9 Å². The molecule has 3 aromatic rings. The number of carbonyl (C=O) groups excluding carboxylic acids is 1. The number of imidazole rings is 1. The van der Waals surface area contributed by atoms with Gasteiger partial charge in [0.1, 0.15) is 0 Å². The first-order chi connectivity index (χ1) is 13.2. The summed E-state index contributed by atoms with van der Waals surface area (Å²) in [7, 11) is 0. The van der Waals surface area contributed by atoms with E-state index in [1.165, 1.54) is 29.2 Å². The summed E-state index contributed by atoms with van der Waals surface area (Å²) in [6, 6.07) is 8.98. The lowest BCUT2D eigenvalue weighted by atomic mass is 10.0. The van der Waals surface area contributed by atoms with Gasteiger partial charge in [0, 0.05) is 17.4 Å². The van der Waals surface area contributed by atoms with Crippen LogP contribution in [0.15, 0.2) is 48.9 Å². The highest BCUT2D eigenvalue weighted by atomic mass is 19.4. The van der Waals surface area contributed by atoms with Crippen LogP contribution in [0.5, 0.6) is 0 Å². The van der Waals surface area contributed by atoms with Crippen molar-refractivity contribution >= 4 is 11.6 Å². The number of anilines is 1. The normalized spacial score (nSPS) is 11.5. The van der Waals surface area contributed by atoms with E-state index in [0.29, 0.717) is 11.3 Å². The molecule has 0 spiro atoms. The van der Waals surface area contributed by atoms with E-state index in [1.54, 1.807) is 19.1 Å². The second-order valence-electron chi connectivity index (χ2n) is 6.60. The highest BCUT2D eigenvalue weighted by molar-refractivity contribution is 6.04. The third kappa shape index (κ3) is 4.08. The van der Waals surface area contributed by atoms with Crippen molar-refractivity contribution in [3.8, 4) is 5.69 Å². The molecule has 4 nitrogen and oxygen atoms in total. The third-order valence-corrected chi connectivity index (χ3v) is 4.54. The molecule has 1 N–H and O–H groups in total. The summed E-state index contributed by atoms with van der Waals surface area (Å²) in [5.74, 6) is -0.450. The third-order valence-electron chi connectivity index (χ3n) is 4.54. The number of nitrogens with zero attached hydrogens (tertiary/aromatic N) is 2. The molecule has 1 aromatic heterocycles. The van der Waals surface area contributed by atoms with E-state index in [0.717, 1.165) is 23.6 Å². The van der Waals surface area contributed by atoms with Crippen molar-refractivity contribution in [1.29, 1.82) is 0 Å². The van der Waals surface area contributed by atoms with Gasteiger partial charge in [-0.2, -0.15) is 13.2 Å².